The van der Waals surface area contributed by atoms with Crippen molar-refractivity contribution in [3.8, 4) is 0 Å². The molecule has 0 aromatic carbocycles. The van der Waals surface area contributed by atoms with Gasteiger partial charge in [0.05, 0.1) is 6.20 Å². The van der Waals surface area contributed by atoms with Gasteiger partial charge in [-0.25, -0.2) is 0 Å². The molecule has 2 atom stereocenters. The van der Waals surface area contributed by atoms with E-state index < -0.39 is 0 Å². The molecule has 0 aliphatic rings. The molecule has 0 radical (unpaired) electrons. The third-order valence-electron chi connectivity index (χ3n) is 2.60. The van der Waals surface area contributed by atoms with Crippen LogP contribution in [0.25, 0.3) is 0 Å². The van der Waals surface area contributed by atoms with Gasteiger partial charge in [-0.15, -0.1) is 0 Å². The molecule has 2 unspecified atom stereocenters. The van der Waals surface area contributed by atoms with Crippen LogP contribution in [0.3, 0.4) is 0 Å². The predicted molar refractivity (Wildman–Crippen MR) is 59.4 cm³/mol. The predicted octanol–water partition coefficient (Wildman–Crippen LogP) is 1.91. The van der Waals surface area contributed by atoms with Gasteiger partial charge in [-0.2, -0.15) is 5.10 Å². The van der Waals surface area contributed by atoms with Crippen molar-refractivity contribution in [2.75, 3.05) is 0 Å². The topological polar surface area (TPSA) is 29.9 Å². The second kappa shape index (κ2) is 4.60. The van der Waals surface area contributed by atoms with Crippen molar-refractivity contribution >= 4 is 0 Å². The first kappa shape index (κ1) is 11.2. The monoisotopic (exact) mass is 195 g/mol. The van der Waals surface area contributed by atoms with Gasteiger partial charge in [0.15, 0.2) is 0 Å². The van der Waals surface area contributed by atoms with Gasteiger partial charge in [-0.1, -0.05) is 20.8 Å². The lowest BCUT2D eigenvalue weighted by Crippen LogP contribution is -2.35. The number of hydrogen-bond acceptors (Lipinski definition) is 2. The number of rotatable bonds is 4. The fourth-order valence-electron chi connectivity index (χ4n) is 1.63. The van der Waals surface area contributed by atoms with Crippen LogP contribution in [0, 0.1) is 0 Å². The van der Waals surface area contributed by atoms with Crippen LogP contribution in [0.2, 0.25) is 0 Å². The molecule has 1 rings (SSSR count). The van der Waals surface area contributed by atoms with E-state index in [0.29, 0.717) is 18.0 Å². The van der Waals surface area contributed by atoms with E-state index >= 15 is 0 Å². The molecular formula is C11H21N3. The van der Waals surface area contributed by atoms with Gasteiger partial charge in [0.1, 0.15) is 0 Å². The lowest BCUT2D eigenvalue weighted by atomic mass is 9.97. The highest BCUT2D eigenvalue weighted by atomic mass is 15.2. The first-order chi connectivity index (χ1) is 6.50. The quantitative estimate of drug-likeness (QED) is 0.795. The molecule has 0 bridgehead atoms. The van der Waals surface area contributed by atoms with Crippen LogP contribution in [-0.4, -0.2) is 21.9 Å². The molecule has 0 fully saturated rings. The smallest absolute Gasteiger partial charge is 0.0524 e. The average Bonchev–Trinajstić information content (AvgIpc) is 2.49. The van der Waals surface area contributed by atoms with Crippen molar-refractivity contribution in [3.63, 3.8) is 0 Å². The largest absolute Gasteiger partial charge is 0.311 e. The van der Waals surface area contributed by atoms with Crippen LogP contribution < -0.4 is 5.32 Å². The molecular weight excluding hydrogens is 174 g/mol. The Morgan fingerprint density at radius 3 is 2.36 bits per heavy atom. The van der Waals surface area contributed by atoms with Crippen molar-refractivity contribution in [1.82, 2.24) is 15.1 Å². The zero-order valence-electron chi connectivity index (χ0n) is 9.78. The second-order valence-corrected chi connectivity index (χ2v) is 4.35. The summed E-state index contributed by atoms with van der Waals surface area (Å²) in [6.45, 7) is 8.80. The Kier molecular flexibility index (Phi) is 3.69. The summed E-state index contributed by atoms with van der Waals surface area (Å²) in [6, 6.07) is 1.02. The number of aromatic nitrogens is 2. The van der Waals surface area contributed by atoms with E-state index in [1.807, 2.05) is 17.9 Å². The van der Waals surface area contributed by atoms with Crippen LogP contribution in [0.5, 0.6) is 0 Å². The first-order valence-corrected chi connectivity index (χ1v) is 5.25. The fourth-order valence-corrected chi connectivity index (χ4v) is 1.63. The maximum absolute atomic E-state index is 4.19. The molecule has 0 saturated carbocycles. The molecule has 0 amide bonds. The number of nitrogens with one attached hydrogen (secondary N) is 1. The zero-order valence-corrected chi connectivity index (χ0v) is 9.78. The Hall–Kier alpha value is -0.830. The normalized spacial score (nSPS) is 15.9. The summed E-state index contributed by atoms with van der Waals surface area (Å²) < 4.78 is 1.86. The van der Waals surface area contributed by atoms with E-state index in [-0.39, 0.29) is 0 Å². The average molecular weight is 195 g/mol. The van der Waals surface area contributed by atoms with E-state index in [9.17, 15) is 0 Å². The minimum Gasteiger partial charge on any atom is -0.311 e. The van der Waals surface area contributed by atoms with E-state index in [1.165, 1.54) is 5.56 Å². The lowest BCUT2D eigenvalue weighted by Gasteiger charge is -2.22. The fraction of sp³-hybridized carbons (Fsp3) is 0.727. The number of aryl methyl sites for hydroxylation is 1. The molecule has 3 heteroatoms. The molecule has 0 aliphatic carbocycles. The van der Waals surface area contributed by atoms with Crippen molar-refractivity contribution in [1.29, 1.82) is 0 Å². The van der Waals surface area contributed by atoms with Gasteiger partial charge in [0, 0.05) is 25.3 Å². The van der Waals surface area contributed by atoms with Gasteiger partial charge in [0.25, 0.3) is 0 Å². The lowest BCUT2D eigenvalue weighted by molar-refractivity contribution is 0.439. The van der Waals surface area contributed by atoms with Gasteiger partial charge in [0.2, 0.25) is 0 Å². The Bertz CT molecular complexity index is 278. The Morgan fingerprint density at radius 2 is 1.93 bits per heavy atom. The van der Waals surface area contributed by atoms with Gasteiger partial charge in [-0.3, -0.25) is 4.68 Å². The summed E-state index contributed by atoms with van der Waals surface area (Å²) in [5.74, 6) is 0.506. The summed E-state index contributed by atoms with van der Waals surface area (Å²) in [7, 11) is 1.96. The number of hydrogen-bond donors (Lipinski definition) is 1. The van der Waals surface area contributed by atoms with E-state index in [1.54, 1.807) is 0 Å². The third-order valence-corrected chi connectivity index (χ3v) is 2.60. The van der Waals surface area contributed by atoms with Crippen molar-refractivity contribution in [2.24, 2.45) is 7.05 Å². The Balaban J connectivity index is 2.60. The Labute approximate surface area is 86.5 Å². The van der Waals surface area contributed by atoms with Crippen molar-refractivity contribution in [3.05, 3.63) is 18.0 Å². The zero-order chi connectivity index (χ0) is 10.7. The maximum atomic E-state index is 4.19. The van der Waals surface area contributed by atoms with Crippen molar-refractivity contribution < 1.29 is 0 Å². The maximum Gasteiger partial charge on any atom is 0.0524 e. The molecule has 0 spiro atoms. The minimum absolute atomic E-state index is 0.485. The minimum atomic E-state index is 0.485. The van der Waals surface area contributed by atoms with E-state index in [2.05, 4.69) is 44.3 Å². The molecule has 1 heterocycles. The molecule has 0 aliphatic heterocycles. The Morgan fingerprint density at radius 1 is 1.29 bits per heavy atom. The highest BCUT2D eigenvalue weighted by Crippen LogP contribution is 2.18. The summed E-state index contributed by atoms with van der Waals surface area (Å²) in [4.78, 5) is 0. The van der Waals surface area contributed by atoms with Gasteiger partial charge in [-0.05, 0) is 18.4 Å². The summed E-state index contributed by atoms with van der Waals surface area (Å²) in [5.41, 5.74) is 1.30. The van der Waals surface area contributed by atoms with Gasteiger partial charge >= 0.3 is 0 Å². The highest BCUT2D eigenvalue weighted by Gasteiger charge is 2.15. The second-order valence-electron chi connectivity index (χ2n) is 4.35. The molecule has 80 valence electrons. The van der Waals surface area contributed by atoms with Gasteiger partial charge < -0.3 is 5.32 Å². The molecule has 1 aromatic rings. The standard InChI is InChI=1S/C11H21N3/c1-8(2)13-10(4)9(3)11-6-12-14(5)7-11/h6-10,13H,1-5H3. The van der Waals surface area contributed by atoms with E-state index in [0.717, 1.165) is 0 Å². The summed E-state index contributed by atoms with van der Waals surface area (Å²) in [6.07, 6.45) is 4.03. The SMILES string of the molecule is CC(C)NC(C)C(C)c1cnn(C)c1. The van der Waals surface area contributed by atoms with Crippen LogP contribution in [0.1, 0.15) is 39.2 Å². The van der Waals surface area contributed by atoms with Crippen LogP contribution in [-0.2, 0) is 7.05 Å². The first-order valence-electron chi connectivity index (χ1n) is 5.25. The molecule has 1 N–H and O–H groups in total. The van der Waals surface area contributed by atoms with Crippen LogP contribution in [0.15, 0.2) is 12.4 Å². The molecule has 1 aromatic heterocycles. The number of nitrogens with zero attached hydrogens (tertiary/aromatic N) is 2. The van der Waals surface area contributed by atoms with Crippen LogP contribution >= 0.6 is 0 Å². The molecule has 0 saturated heterocycles. The summed E-state index contributed by atoms with van der Waals surface area (Å²) >= 11 is 0. The molecule has 14 heavy (non-hydrogen) atoms. The van der Waals surface area contributed by atoms with E-state index in [4.69, 9.17) is 0 Å². The third kappa shape index (κ3) is 2.84. The molecule has 3 nitrogen and oxygen atoms in total. The summed E-state index contributed by atoms with van der Waals surface area (Å²) in [5, 5.41) is 7.70. The highest BCUT2D eigenvalue weighted by molar-refractivity contribution is 5.12. The van der Waals surface area contributed by atoms with Crippen LogP contribution in [0.4, 0.5) is 0 Å². The van der Waals surface area contributed by atoms with Crippen molar-refractivity contribution in [2.45, 2.75) is 45.7 Å².